The van der Waals surface area contributed by atoms with Crippen molar-refractivity contribution in [1.82, 2.24) is 10.2 Å². The highest BCUT2D eigenvalue weighted by molar-refractivity contribution is 7.92. The van der Waals surface area contributed by atoms with E-state index >= 15 is 0 Å². The lowest BCUT2D eigenvalue weighted by Gasteiger charge is -2.32. The third-order valence-corrected chi connectivity index (χ3v) is 8.66. The van der Waals surface area contributed by atoms with Gasteiger partial charge >= 0.3 is 0 Å². The molecule has 2 amide bonds. The van der Waals surface area contributed by atoms with Crippen molar-refractivity contribution >= 4 is 39.1 Å². The first-order valence-electron chi connectivity index (χ1n) is 13.0. The van der Waals surface area contributed by atoms with Crippen LogP contribution in [-0.4, -0.2) is 50.9 Å². The molecule has 0 heterocycles. The highest BCUT2D eigenvalue weighted by atomic mass is 35.5. The SMILES string of the molecule is CC[C@@H](C)NC(=O)[C@H](C)N(Cc1cccc(Cl)c1)C(=O)CN(c1ccccc1OC)S(=O)(=O)c1ccc(C)cc1. The number of sulfonamides is 1. The fourth-order valence-corrected chi connectivity index (χ4v) is 5.70. The largest absolute Gasteiger partial charge is 0.495 e. The Morgan fingerprint density at radius 3 is 2.30 bits per heavy atom. The summed E-state index contributed by atoms with van der Waals surface area (Å²) in [6.45, 7) is 6.81. The Bertz CT molecular complexity index is 1430. The summed E-state index contributed by atoms with van der Waals surface area (Å²) in [5.41, 5.74) is 1.81. The molecule has 0 aliphatic carbocycles. The molecule has 2 atom stereocenters. The van der Waals surface area contributed by atoms with Crippen molar-refractivity contribution in [2.45, 2.75) is 57.6 Å². The van der Waals surface area contributed by atoms with Crippen LogP contribution < -0.4 is 14.4 Å². The molecule has 0 saturated carbocycles. The van der Waals surface area contributed by atoms with E-state index in [1.807, 2.05) is 20.8 Å². The molecule has 3 aromatic rings. The maximum atomic E-state index is 14.0. The summed E-state index contributed by atoms with van der Waals surface area (Å²) in [6, 6.07) is 19.0. The molecule has 214 valence electrons. The van der Waals surface area contributed by atoms with Crippen LogP contribution in [-0.2, 0) is 26.2 Å². The Hall–Kier alpha value is -3.56. The molecule has 0 unspecified atom stereocenters. The van der Waals surface area contributed by atoms with Crippen molar-refractivity contribution in [1.29, 1.82) is 0 Å². The maximum absolute atomic E-state index is 14.0. The van der Waals surface area contributed by atoms with E-state index in [1.54, 1.807) is 67.6 Å². The summed E-state index contributed by atoms with van der Waals surface area (Å²) in [5, 5.41) is 3.40. The van der Waals surface area contributed by atoms with Gasteiger partial charge in [0, 0.05) is 17.6 Å². The molecule has 0 aliphatic rings. The molecule has 10 heteroatoms. The number of benzene rings is 3. The zero-order valence-corrected chi connectivity index (χ0v) is 25.0. The average Bonchev–Trinajstić information content (AvgIpc) is 2.94. The number of nitrogens with one attached hydrogen (secondary N) is 1. The van der Waals surface area contributed by atoms with E-state index in [1.165, 1.54) is 24.1 Å². The summed E-state index contributed by atoms with van der Waals surface area (Å²) < 4.78 is 34.4. The molecular weight excluding hydrogens is 550 g/mol. The van der Waals surface area contributed by atoms with E-state index < -0.39 is 28.5 Å². The number of anilines is 1. The van der Waals surface area contributed by atoms with Gasteiger partial charge in [0.05, 0.1) is 17.7 Å². The Morgan fingerprint density at radius 2 is 1.68 bits per heavy atom. The zero-order chi connectivity index (χ0) is 29.4. The van der Waals surface area contributed by atoms with Crippen molar-refractivity contribution in [3.05, 3.63) is 88.9 Å². The lowest BCUT2D eigenvalue weighted by Crippen LogP contribution is -2.52. The smallest absolute Gasteiger partial charge is 0.264 e. The molecule has 3 aromatic carbocycles. The van der Waals surface area contributed by atoms with E-state index in [2.05, 4.69) is 5.32 Å². The van der Waals surface area contributed by atoms with Crippen LogP contribution in [0.4, 0.5) is 5.69 Å². The highest BCUT2D eigenvalue weighted by Gasteiger charge is 2.34. The van der Waals surface area contributed by atoms with E-state index in [-0.39, 0.29) is 34.8 Å². The molecule has 1 N–H and O–H groups in total. The molecule has 0 aromatic heterocycles. The molecule has 40 heavy (non-hydrogen) atoms. The summed E-state index contributed by atoms with van der Waals surface area (Å²) in [5.74, 6) is -0.613. The van der Waals surface area contributed by atoms with Crippen LogP contribution in [0.15, 0.2) is 77.7 Å². The summed E-state index contributed by atoms with van der Waals surface area (Å²) in [6.07, 6.45) is 0.719. The van der Waals surface area contributed by atoms with Gasteiger partial charge in [-0.2, -0.15) is 0 Å². The second kappa shape index (κ2) is 13.7. The predicted octanol–water partition coefficient (Wildman–Crippen LogP) is 5.18. The van der Waals surface area contributed by atoms with Gasteiger partial charge in [-0.15, -0.1) is 0 Å². The van der Waals surface area contributed by atoms with Gasteiger partial charge in [-0.25, -0.2) is 8.42 Å². The Labute approximate surface area is 241 Å². The van der Waals surface area contributed by atoms with Gasteiger partial charge in [-0.05, 0) is 69.2 Å². The summed E-state index contributed by atoms with van der Waals surface area (Å²) in [4.78, 5) is 28.6. The third-order valence-electron chi connectivity index (χ3n) is 6.65. The molecule has 3 rings (SSSR count). The fraction of sp³-hybridized carbons (Fsp3) is 0.333. The number of nitrogens with zero attached hydrogens (tertiary/aromatic N) is 2. The Kier molecular flexibility index (Phi) is 10.6. The molecule has 0 aliphatic heterocycles. The van der Waals surface area contributed by atoms with Crippen LogP contribution >= 0.6 is 11.6 Å². The topological polar surface area (TPSA) is 96.0 Å². The minimum absolute atomic E-state index is 0.0285. The fourth-order valence-electron chi connectivity index (χ4n) is 4.07. The summed E-state index contributed by atoms with van der Waals surface area (Å²) in [7, 11) is -2.76. The first kappa shape index (κ1) is 31.0. The van der Waals surface area contributed by atoms with Crippen LogP contribution in [0, 0.1) is 6.92 Å². The van der Waals surface area contributed by atoms with Crippen molar-refractivity contribution in [3.8, 4) is 5.75 Å². The van der Waals surface area contributed by atoms with Gasteiger partial charge in [0.25, 0.3) is 10.0 Å². The number of carbonyl (C=O) groups excluding carboxylic acids is 2. The Balaban J connectivity index is 2.06. The number of ether oxygens (including phenoxy) is 1. The Morgan fingerprint density at radius 1 is 1.00 bits per heavy atom. The highest BCUT2D eigenvalue weighted by Crippen LogP contribution is 2.32. The van der Waals surface area contributed by atoms with Gasteiger partial charge in [0.1, 0.15) is 18.3 Å². The number of aryl methyl sites for hydroxylation is 1. The predicted molar refractivity (Wildman–Crippen MR) is 158 cm³/mol. The van der Waals surface area contributed by atoms with Crippen molar-refractivity contribution < 1.29 is 22.7 Å². The van der Waals surface area contributed by atoms with Crippen LogP contribution in [0.3, 0.4) is 0 Å². The second-order valence-corrected chi connectivity index (χ2v) is 11.9. The molecule has 0 fully saturated rings. The lowest BCUT2D eigenvalue weighted by atomic mass is 10.1. The van der Waals surface area contributed by atoms with Crippen LogP contribution in [0.25, 0.3) is 0 Å². The van der Waals surface area contributed by atoms with E-state index in [0.717, 1.165) is 16.3 Å². The average molecular weight is 586 g/mol. The minimum Gasteiger partial charge on any atom is -0.495 e. The lowest BCUT2D eigenvalue weighted by molar-refractivity contribution is -0.139. The number of para-hydroxylation sites is 2. The third kappa shape index (κ3) is 7.55. The number of carbonyl (C=O) groups is 2. The van der Waals surface area contributed by atoms with Crippen LogP contribution in [0.5, 0.6) is 5.75 Å². The molecule has 0 saturated heterocycles. The van der Waals surface area contributed by atoms with Crippen molar-refractivity contribution in [3.63, 3.8) is 0 Å². The normalized spacial score (nSPS) is 12.8. The quantitative estimate of drug-likeness (QED) is 0.316. The number of methoxy groups -OCH3 is 1. The monoisotopic (exact) mass is 585 g/mol. The van der Waals surface area contributed by atoms with Gasteiger partial charge in [0.15, 0.2) is 0 Å². The number of rotatable bonds is 12. The van der Waals surface area contributed by atoms with Crippen molar-refractivity contribution in [2.75, 3.05) is 18.0 Å². The van der Waals surface area contributed by atoms with E-state index in [9.17, 15) is 18.0 Å². The van der Waals surface area contributed by atoms with Gasteiger partial charge < -0.3 is 15.0 Å². The molecule has 8 nitrogen and oxygen atoms in total. The molecule has 0 spiro atoms. The standard InChI is InChI=1S/C30H36ClN3O5S/c1-6-22(3)32-30(36)23(4)33(19-24-10-9-11-25(31)18-24)29(35)20-34(27-12-7-8-13-28(27)39-5)40(37,38)26-16-14-21(2)15-17-26/h7-18,22-23H,6,19-20H2,1-5H3,(H,32,36)/t22-,23+/m1/s1. The number of halogens is 1. The number of hydrogen-bond acceptors (Lipinski definition) is 5. The number of amides is 2. The van der Waals surface area contributed by atoms with Crippen LogP contribution in [0.2, 0.25) is 5.02 Å². The van der Waals surface area contributed by atoms with E-state index in [4.69, 9.17) is 16.3 Å². The zero-order valence-electron chi connectivity index (χ0n) is 23.4. The van der Waals surface area contributed by atoms with Gasteiger partial charge in [-0.3, -0.25) is 13.9 Å². The van der Waals surface area contributed by atoms with Crippen molar-refractivity contribution in [2.24, 2.45) is 0 Å². The van der Waals surface area contributed by atoms with E-state index in [0.29, 0.717) is 10.6 Å². The van der Waals surface area contributed by atoms with Gasteiger partial charge in [0.2, 0.25) is 11.8 Å². The molecule has 0 radical (unpaired) electrons. The first-order valence-corrected chi connectivity index (χ1v) is 14.9. The molecular formula is C30H36ClN3O5S. The van der Waals surface area contributed by atoms with Gasteiger partial charge in [-0.1, -0.05) is 60.5 Å². The summed E-state index contributed by atoms with van der Waals surface area (Å²) >= 11 is 6.19. The second-order valence-electron chi connectivity index (χ2n) is 9.64. The minimum atomic E-state index is -4.20. The maximum Gasteiger partial charge on any atom is 0.264 e. The number of hydrogen-bond donors (Lipinski definition) is 1. The molecule has 0 bridgehead atoms. The first-order chi connectivity index (χ1) is 19.0. The van der Waals surface area contributed by atoms with Crippen LogP contribution in [0.1, 0.15) is 38.3 Å².